The fraction of sp³-hybridized carbons (Fsp3) is 0.667. The first kappa shape index (κ1) is 21.1. The van der Waals surface area contributed by atoms with E-state index < -0.39 is 0 Å². The number of thiocarbonyl (C=S) groups is 1. The minimum Gasteiger partial charge on any atom is -0.379 e. The topological polar surface area (TPSA) is 27.7 Å². The Morgan fingerprint density at radius 1 is 1.15 bits per heavy atom. The fourth-order valence-electron chi connectivity index (χ4n) is 3.06. The summed E-state index contributed by atoms with van der Waals surface area (Å²) in [5, 5.41) is 4.32. The molecule has 1 aromatic rings. The highest BCUT2D eigenvalue weighted by Crippen LogP contribution is 2.11. The summed E-state index contributed by atoms with van der Waals surface area (Å²) >= 11 is 5.72. The molecule has 2 rings (SSSR count). The van der Waals surface area contributed by atoms with Gasteiger partial charge in [-0.3, -0.25) is 4.90 Å². The van der Waals surface area contributed by atoms with Crippen LogP contribution in [0.4, 0.5) is 0 Å². The Labute approximate surface area is 164 Å². The molecule has 0 aromatic heterocycles. The van der Waals surface area contributed by atoms with Crippen molar-refractivity contribution in [2.45, 2.75) is 52.6 Å². The molecule has 0 bridgehead atoms. The lowest BCUT2D eigenvalue weighted by Crippen LogP contribution is -2.48. The molecule has 146 valence electrons. The lowest BCUT2D eigenvalue weighted by Gasteiger charge is -2.32. The van der Waals surface area contributed by atoms with Crippen LogP contribution in [0, 0.1) is 0 Å². The summed E-state index contributed by atoms with van der Waals surface area (Å²) in [6.45, 7) is 15.4. The molecule has 1 aliphatic heterocycles. The van der Waals surface area contributed by atoms with E-state index in [1.807, 2.05) is 0 Å². The predicted octanol–water partition coefficient (Wildman–Crippen LogP) is 3.45. The number of morpholine rings is 1. The normalized spacial score (nSPS) is 15.7. The second kappa shape index (κ2) is 10.2. The molecule has 0 atom stereocenters. The number of nitrogens with one attached hydrogen (secondary N) is 1. The van der Waals surface area contributed by atoms with Gasteiger partial charge in [-0.25, -0.2) is 0 Å². The van der Waals surface area contributed by atoms with Crippen molar-refractivity contribution in [3.8, 4) is 0 Å². The van der Waals surface area contributed by atoms with E-state index in [0.29, 0.717) is 0 Å². The zero-order chi connectivity index (χ0) is 19.0. The standard InChI is InChI=1S/C21H35N3OS/c1-5-18-7-9-19(10-8-18)17-24(20(26)22-21(2,3)4)12-6-11-23-13-15-25-16-14-23/h7-10H,5-6,11-17H2,1-4H3,(H,22,26). The summed E-state index contributed by atoms with van der Waals surface area (Å²) < 4.78 is 5.44. The summed E-state index contributed by atoms with van der Waals surface area (Å²) in [5.74, 6) is 0. The Balaban J connectivity index is 1.94. The molecule has 0 saturated carbocycles. The van der Waals surface area contributed by atoms with Crippen LogP contribution in [0.5, 0.6) is 0 Å². The van der Waals surface area contributed by atoms with Crippen molar-refractivity contribution >= 4 is 17.3 Å². The first-order valence-corrected chi connectivity index (χ1v) is 10.2. The molecule has 26 heavy (non-hydrogen) atoms. The van der Waals surface area contributed by atoms with E-state index in [1.54, 1.807) is 0 Å². The lowest BCUT2D eigenvalue weighted by molar-refractivity contribution is 0.0367. The number of benzene rings is 1. The van der Waals surface area contributed by atoms with Crippen molar-refractivity contribution in [1.29, 1.82) is 0 Å². The van der Waals surface area contributed by atoms with Gasteiger partial charge < -0.3 is 15.0 Å². The average molecular weight is 378 g/mol. The molecular formula is C21H35N3OS. The highest BCUT2D eigenvalue weighted by Gasteiger charge is 2.17. The second-order valence-electron chi connectivity index (χ2n) is 8.08. The van der Waals surface area contributed by atoms with Gasteiger partial charge in [-0.2, -0.15) is 0 Å². The van der Waals surface area contributed by atoms with Gasteiger partial charge in [0, 0.05) is 38.3 Å². The largest absolute Gasteiger partial charge is 0.379 e. The van der Waals surface area contributed by atoms with E-state index in [1.165, 1.54) is 11.1 Å². The summed E-state index contributed by atoms with van der Waals surface area (Å²) in [5.41, 5.74) is 2.67. The van der Waals surface area contributed by atoms with Crippen LogP contribution in [0.15, 0.2) is 24.3 Å². The van der Waals surface area contributed by atoms with Gasteiger partial charge in [-0.05, 0) is 57.0 Å². The van der Waals surface area contributed by atoms with E-state index in [9.17, 15) is 0 Å². The van der Waals surface area contributed by atoms with E-state index in [0.717, 1.165) is 63.9 Å². The van der Waals surface area contributed by atoms with Crippen molar-refractivity contribution in [2.75, 3.05) is 39.4 Å². The van der Waals surface area contributed by atoms with E-state index in [4.69, 9.17) is 17.0 Å². The maximum atomic E-state index is 5.72. The SMILES string of the molecule is CCc1ccc(CN(CCCN2CCOCC2)C(=S)NC(C)(C)C)cc1. The number of ether oxygens (including phenoxy) is 1. The molecule has 1 fully saturated rings. The lowest BCUT2D eigenvalue weighted by atomic mass is 10.1. The fourth-order valence-corrected chi connectivity index (χ4v) is 3.52. The van der Waals surface area contributed by atoms with Gasteiger partial charge in [0.25, 0.3) is 0 Å². The van der Waals surface area contributed by atoms with Gasteiger partial charge in [-0.15, -0.1) is 0 Å². The monoisotopic (exact) mass is 377 g/mol. The molecular weight excluding hydrogens is 342 g/mol. The Bertz CT molecular complexity index is 547. The number of nitrogens with zero attached hydrogens (tertiary/aromatic N) is 2. The van der Waals surface area contributed by atoms with E-state index in [-0.39, 0.29) is 5.54 Å². The first-order valence-electron chi connectivity index (χ1n) is 9.82. The van der Waals surface area contributed by atoms with E-state index >= 15 is 0 Å². The number of rotatable bonds is 7. The maximum absolute atomic E-state index is 5.72. The van der Waals surface area contributed by atoms with E-state index in [2.05, 4.69) is 67.1 Å². The smallest absolute Gasteiger partial charge is 0.169 e. The molecule has 0 amide bonds. The zero-order valence-electron chi connectivity index (χ0n) is 16.9. The third-order valence-electron chi connectivity index (χ3n) is 4.58. The van der Waals surface area contributed by atoms with Crippen molar-refractivity contribution < 1.29 is 4.74 Å². The highest BCUT2D eigenvalue weighted by molar-refractivity contribution is 7.80. The quantitative estimate of drug-likeness (QED) is 0.735. The van der Waals surface area contributed by atoms with Gasteiger partial charge >= 0.3 is 0 Å². The molecule has 1 aromatic carbocycles. The molecule has 1 saturated heterocycles. The van der Waals surface area contributed by atoms with Crippen molar-refractivity contribution in [3.63, 3.8) is 0 Å². The third kappa shape index (κ3) is 7.60. The summed E-state index contributed by atoms with van der Waals surface area (Å²) in [4.78, 5) is 4.79. The molecule has 4 nitrogen and oxygen atoms in total. The van der Waals surface area contributed by atoms with Gasteiger partial charge in [-0.1, -0.05) is 31.2 Å². The minimum atomic E-state index is -0.0222. The first-order chi connectivity index (χ1) is 12.4. The number of hydrogen-bond donors (Lipinski definition) is 1. The van der Waals surface area contributed by atoms with Crippen LogP contribution in [0.3, 0.4) is 0 Å². The van der Waals surface area contributed by atoms with Crippen LogP contribution in [-0.4, -0.2) is 59.8 Å². The van der Waals surface area contributed by atoms with Crippen LogP contribution >= 0.6 is 12.2 Å². The minimum absolute atomic E-state index is 0.0222. The molecule has 1 N–H and O–H groups in total. The van der Waals surface area contributed by atoms with Gasteiger partial charge in [0.15, 0.2) is 5.11 Å². The molecule has 0 unspecified atom stereocenters. The average Bonchev–Trinajstić information content (AvgIpc) is 2.61. The highest BCUT2D eigenvalue weighted by atomic mass is 32.1. The molecule has 1 aliphatic rings. The zero-order valence-corrected chi connectivity index (χ0v) is 17.7. The van der Waals surface area contributed by atoms with Gasteiger partial charge in [0.05, 0.1) is 13.2 Å². The number of hydrogen-bond acceptors (Lipinski definition) is 3. The van der Waals surface area contributed by atoms with Crippen LogP contribution < -0.4 is 5.32 Å². The molecule has 0 spiro atoms. The molecule has 0 aliphatic carbocycles. The Kier molecular flexibility index (Phi) is 8.32. The Morgan fingerprint density at radius 3 is 2.35 bits per heavy atom. The summed E-state index contributed by atoms with van der Waals surface area (Å²) in [6.07, 6.45) is 2.19. The Hall–Kier alpha value is -1.17. The van der Waals surface area contributed by atoms with Crippen LogP contribution in [-0.2, 0) is 17.7 Å². The maximum Gasteiger partial charge on any atom is 0.169 e. The number of aryl methyl sites for hydroxylation is 1. The van der Waals surface area contributed by atoms with Crippen molar-refractivity contribution in [2.24, 2.45) is 0 Å². The summed E-state index contributed by atoms with van der Waals surface area (Å²) in [6, 6.07) is 8.91. The van der Waals surface area contributed by atoms with Crippen LogP contribution in [0.2, 0.25) is 0 Å². The molecule has 5 heteroatoms. The Morgan fingerprint density at radius 2 is 1.77 bits per heavy atom. The van der Waals surface area contributed by atoms with Crippen molar-refractivity contribution in [1.82, 2.24) is 15.1 Å². The van der Waals surface area contributed by atoms with Gasteiger partial charge in [0.2, 0.25) is 0 Å². The molecule has 0 radical (unpaired) electrons. The molecule has 1 heterocycles. The van der Waals surface area contributed by atoms with Crippen molar-refractivity contribution in [3.05, 3.63) is 35.4 Å². The third-order valence-corrected chi connectivity index (χ3v) is 4.94. The van der Waals surface area contributed by atoms with Gasteiger partial charge in [0.1, 0.15) is 0 Å². The second-order valence-corrected chi connectivity index (χ2v) is 8.47. The van der Waals surface area contributed by atoms with Crippen LogP contribution in [0.1, 0.15) is 45.2 Å². The van der Waals surface area contributed by atoms with Crippen LogP contribution in [0.25, 0.3) is 0 Å². The predicted molar refractivity (Wildman–Crippen MR) is 114 cm³/mol. The summed E-state index contributed by atoms with van der Waals surface area (Å²) in [7, 11) is 0.